The van der Waals surface area contributed by atoms with Gasteiger partial charge in [0.25, 0.3) is 0 Å². The summed E-state index contributed by atoms with van der Waals surface area (Å²) in [6.07, 6.45) is 4.30. The normalized spacial score (nSPS) is 21.6. The van der Waals surface area contributed by atoms with Gasteiger partial charge in [-0.2, -0.15) is 12.6 Å². The van der Waals surface area contributed by atoms with Crippen LogP contribution in [0.1, 0.15) is 42.3 Å². The molecule has 0 saturated carbocycles. The van der Waals surface area contributed by atoms with Gasteiger partial charge in [-0.25, -0.2) is 9.97 Å². The van der Waals surface area contributed by atoms with E-state index >= 15 is 0 Å². The van der Waals surface area contributed by atoms with Crippen LogP contribution in [0, 0.1) is 12.8 Å². The second-order valence-corrected chi connectivity index (χ2v) is 8.97. The number of nitrogens with zero attached hydrogens (tertiary/aromatic N) is 3. The summed E-state index contributed by atoms with van der Waals surface area (Å²) in [7, 11) is 1.67. The molecular weight excluding hydrogens is 370 g/mol. The zero-order valence-corrected chi connectivity index (χ0v) is 17.8. The summed E-state index contributed by atoms with van der Waals surface area (Å²) in [6.45, 7) is 6.94. The van der Waals surface area contributed by atoms with Crippen molar-refractivity contribution in [2.24, 2.45) is 5.92 Å². The molecule has 28 heavy (non-hydrogen) atoms. The maximum atomic E-state index is 5.77. The summed E-state index contributed by atoms with van der Waals surface area (Å²) in [5, 5.41) is 0. The van der Waals surface area contributed by atoms with Crippen molar-refractivity contribution in [2.45, 2.75) is 44.4 Å². The summed E-state index contributed by atoms with van der Waals surface area (Å²) in [6, 6.07) is 8.49. The molecule has 2 aromatic heterocycles. The molecule has 1 saturated heterocycles. The van der Waals surface area contributed by atoms with Crippen LogP contribution in [0.4, 0.5) is 0 Å². The van der Waals surface area contributed by atoms with E-state index in [1.165, 1.54) is 11.1 Å². The van der Waals surface area contributed by atoms with Crippen molar-refractivity contribution >= 4 is 12.6 Å². The van der Waals surface area contributed by atoms with E-state index < -0.39 is 4.87 Å². The van der Waals surface area contributed by atoms with Crippen molar-refractivity contribution in [1.82, 2.24) is 14.9 Å². The Morgan fingerprint density at radius 1 is 1.32 bits per heavy atom. The van der Waals surface area contributed by atoms with Gasteiger partial charge in [-0.15, -0.1) is 0 Å². The lowest BCUT2D eigenvalue weighted by atomic mass is 9.99. The molecule has 150 valence electrons. The number of hydrogen-bond acceptors (Lipinski definition) is 6. The highest BCUT2D eigenvalue weighted by molar-refractivity contribution is 7.81. The molecule has 1 unspecified atom stereocenters. The molecule has 4 rings (SSSR count). The van der Waals surface area contributed by atoms with E-state index in [0.29, 0.717) is 11.8 Å². The lowest BCUT2D eigenvalue weighted by molar-refractivity contribution is 0.213. The lowest BCUT2D eigenvalue weighted by Gasteiger charge is -2.34. The largest absolute Gasteiger partial charge is 0.481 e. The molecule has 2 aromatic rings. The van der Waals surface area contributed by atoms with Crippen LogP contribution >= 0.6 is 12.6 Å². The van der Waals surface area contributed by atoms with Crippen LogP contribution in [-0.4, -0.2) is 41.7 Å². The fourth-order valence-electron chi connectivity index (χ4n) is 4.30. The van der Waals surface area contributed by atoms with E-state index in [-0.39, 0.29) is 0 Å². The molecule has 0 bridgehead atoms. The third-order valence-electron chi connectivity index (χ3n) is 5.88. The fourth-order valence-corrected chi connectivity index (χ4v) is 4.61. The third-order valence-corrected chi connectivity index (χ3v) is 6.39. The monoisotopic (exact) mass is 399 g/mol. The van der Waals surface area contributed by atoms with Gasteiger partial charge in [0.05, 0.1) is 19.4 Å². The molecule has 0 aliphatic carbocycles. The number of methoxy groups -OCH3 is 1. The Hall–Kier alpha value is -1.79. The Balaban J connectivity index is 1.46. The standard InChI is InChI=1S/C22H29N3O2S/c1-15-11-17(13-20(23-15)26-3)12-16-8-9-25(14-16)22(2,28)19-7-6-18-5-4-10-27-21(18)24-19/h6-7,11,13,16,28H,4-5,8-10,12,14H2,1-3H3/t16-,22?/m1/s1. The Labute approximate surface area is 172 Å². The molecule has 0 radical (unpaired) electrons. The first-order chi connectivity index (χ1) is 13.5. The first-order valence-electron chi connectivity index (χ1n) is 10.1. The molecule has 0 amide bonds. The van der Waals surface area contributed by atoms with E-state index in [1.807, 2.05) is 6.92 Å². The van der Waals surface area contributed by atoms with Gasteiger partial charge in [-0.3, -0.25) is 4.90 Å². The SMILES string of the molecule is COc1cc(C[C@H]2CCN(C(C)(S)c3ccc4c(n3)OCCC4)C2)cc(C)n1. The van der Waals surface area contributed by atoms with Crippen molar-refractivity contribution in [2.75, 3.05) is 26.8 Å². The lowest BCUT2D eigenvalue weighted by Crippen LogP contribution is -2.39. The molecule has 5 nitrogen and oxygen atoms in total. The summed E-state index contributed by atoms with van der Waals surface area (Å²) in [5.41, 5.74) is 4.47. The minimum atomic E-state index is -0.406. The van der Waals surface area contributed by atoms with Crippen molar-refractivity contribution in [1.29, 1.82) is 0 Å². The predicted molar refractivity (Wildman–Crippen MR) is 113 cm³/mol. The van der Waals surface area contributed by atoms with E-state index in [9.17, 15) is 0 Å². The number of pyridine rings is 2. The van der Waals surface area contributed by atoms with Crippen molar-refractivity contribution in [3.8, 4) is 11.8 Å². The molecule has 4 heterocycles. The van der Waals surface area contributed by atoms with E-state index in [2.05, 4.69) is 41.1 Å². The van der Waals surface area contributed by atoms with Crippen molar-refractivity contribution in [3.63, 3.8) is 0 Å². The number of rotatable bonds is 5. The zero-order chi connectivity index (χ0) is 19.7. The average Bonchev–Trinajstić information content (AvgIpc) is 3.16. The molecule has 2 atom stereocenters. The minimum absolute atomic E-state index is 0.406. The Kier molecular flexibility index (Phi) is 5.52. The average molecular weight is 400 g/mol. The number of ether oxygens (including phenoxy) is 2. The molecule has 1 fully saturated rings. The topological polar surface area (TPSA) is 47.5 Å². The molecular formula is C22H29N3O2S. The van der Waals surface area contributed by atoms with Crippen molar-refractivity contribution < 1.29 is 9.47 Å². The second kappa shape index (κ2) is 7.91. The predicted octanol–water partition coefficient (Wildman–Crippen LogP) is 3.79. The van der Waals surface area contributed by atoms with Gasteiger partial charge >= 0.3 is 0 Å². The number of aromatic nitrogens is 2. The quantitative estimate of drug-likeness (QED) is 0.775. The third kappa shape index (κ3) is 3.98. The van der Waals surface area contributed by atoms with Gasteiger partial charge in [0.2, 0.25) is 11.8 Å². The smallest absolute Gasteiger partial charge is 0.216 e. The van der Waals surface area contributed by atoms with Gasteiger partial charge in [0.1, 0.15) is 4.87 Å². The first kappa shape index (κ1) is 19.5. The highest BCUT2D eigenvalue weighted by Crippen LogP contribution is 2.38. The molecule has 0 N–H and O–H groups in total. The Morgan fingerprint density at radius 2 is 2.18 bits per heavy atom. The summed E-state index contributed by atoms with van der Waals surface area (Å²) in [5.74, 6) is 2.08. The highest BCUT2D eigenvalue weighted by atomic mass is 32.1. The zero-order valence-electron chi connectivity index (χ0n) is 16.9. The second-order valence-electron chi connectivity index (χ2n) is 8.10. The summed E-state index contributed by atoms with van der Waals surface area (Å²) in [4.78, 5) is 11.2. The fraction of sp³-hybridized carbons (Fsp3) is 0.545. The molecule has 0 spiro atoms. The van der Waals surface area contributed by atoms with E-state index in [0.717, 1.165) is 62.6 Å². The molecule has 2 aliphatic heterocycles. The Bertz CT molecular complexity index is 856. The van der Waals surface area contributed by atoms with Crippen LogP contribution in [0.2, 0.25) is 0 Å². The number of fused-ring (bicyclic) bond motifs is 1. The number of aryl methyl sites for hydroxylation is 2. The minimum Gasteiger partial charge on any atom is -0.481 e. The van der Waals surface area contributed by atoms with Gasteiger partial charge in [-0.05, 0) is 63.1 Å². The maximum absolute atomic E-state index is 5.77. The Morgan fingerprint density at radius 3 is 3.00 bits per heavy atom. The molecule has 0 aromatic carbocycles. The highest BCUT2D eigenvalue weighted by Gasteiger charge is 2.37. The first-order valence-corrected chi connectivity index (χ1v) is 10.5. The number of hydrogen-bond donors (Lipinski definition) is 1. The molecule has 6 heteroatoms. The van der Waals surface area contributed by atoms with E-state index in [1.54, 1.807) is 7.11 Å². The number of thiol groups is 1. The van der Waals surface area contributed by atoms with Crippen LogP contribution in [0.25, 0.3) is 0 Å². The van der Waals surface area contributed by atoms with Gasteiger partial charge in [-0.1, -0.05) is 6.07 Å². The van der Waals surface area contributed by atoms with Crippen molar-refractivity contribution in [3.05, 3.63) is 46.8 Å². The number of likely N-dealkylation sites (tertiary alicyclic amines) is 1. The molecule has 2 aliphatic rings. The van der Waals surface area contributed by atoms with Crippen LogP contribution in [0.3, 0.4) is 0 Å². The van der Waals surface area contributed by atoms with E-state index in [4.69, 9.17) is 27.1 Å². The van der Waals surface area contributed by atoms with Gasteiger partial charge in [0, 0.05) is 30.4 Å². The van der Waals surface area contributed by atoms with Gasteiger partial charge in [0.15, 0.2) is 0 Å². The van der Waals surface area contributed by atoms with Gasteiger partial charge < -0.3 is 9.47 Å². The summed E-state index contributed by atoms with van der Waals surface area (Å²) < 4.78 is 11.1. The maximum Gasteiger partial charge on any atom is 0.216 e. The van der Waals surface area contributed by atoms with Crippen LogP contribution in [0.5, 0.6) is 11.8 Å². The van der Waals surface area contributed by atoms with Crippen LogP contribution in [-0.2, 0) is 17.7 Å². The van der Waals surface area contributed by atoms with Crippen LogP contribution in [0.15, 0.2) is 24.3 Å². The van der Waals surface area contributed by atoms with Crippen LogP contribution < -0.4 is 9.47 Å². The summed E-state index contributed by atoms with van der Waals surface area (Å²) >= 11 is 5.03.